The van der Waals surface area contributed by atoms with E-state index < -0.39 is 18.1 Å². The number of hydrogen-bond donors (Lipinski definition) is 3. The second-order valence-corrected chi connectivity index (χ2v) is 9.64. The van der Waals surface area contributed by atoms with E-state index in [1.807, 2.05) is 72.8 Å². The highest BCUT2D eigenvalue weighted by Gasteiger charge is 2.50. The molecule has 1 fully saturated rings. The molecule has 8 nitrogen and oxygen atoms in total. The summed E-state index contributed by atoms with van der Waals surface area (Å²) in [6.07, 6.45) is 2.49. The molecule has 2 aromatic heterocycles. The summed E-state index contributed by atoms with van der Waals surface area (Å²) in [6, 6.07) is 21.1. The van der Waals surface area contributed by atoms with E-state index >= 15 is 0 Å². The summed E-state index contributed by atoms with van der Waals surface area (Å²) in [4.78, 5) is 49.0. The Balaban J connectivity index is 1.39. The van der Waals surface area contributed by atoms with E-state index in [9.17, 15) is 14.4 Å². The highest BCUT2D eigenvalue weighted by atomic mass is 16.2. The van der Waals surface area contributed by atoms with Crippen LogP contribution >= 0.6 is 0 Å². The van der Waals surface area contributed by atoms with Gasteiger partial charge in [0.2, 0.25) is 17.7 Å². The molecular formula is C29H27N5O3. The number of rotatable bonds is 5. The number of amides is 3. The molecule has 0 bridgehead atoms. The van der Waals surface area contributed by atoms with Crippen molar-refractivity contribution < 1.29 is 14.4 Å². The van der Waals surface area contributed by atoms with Crippen LogP contribution in [0.2, 0.25) is 0 Å². The maximum Gasteiger partial charge on any atom is 0.246 e. The molecule has 4 heterocycles. The van der Waals surface area contributed by atoms with Gasteiger partial charge in [0.25, 0.3) is 0 Å². The average Bonchev–Trinajstić information content (AvgIpc) is 3.45. The number of H-pyrrole nitrogens is 1. The first-order chi connectivity index (χ1) is 18.0. The van der Waals surface area contributed by atoms with Crippen LogP contribution in [0.3, 0.4) is 0 Å². The third kappa shape index (κ3) is 4.04. The van der Waals surface area contributed by atoms with Gasteiger partial charge >= 0.3 is 0 Å². The van der Waals surface area contributed by atoms with E-state index in [2.05, 4.69) is 20.6 Å². The van der Waals surface area contributed by atoms with Crippen LogP contribution in [0.15, 0.2) is 79.0 Å². The predicted octanol–water partition coefficient (Wildman–Crippen LogP) is 3.17. The van der Waals surface area contributed by atoms with Gasteiger partial charge in [0, 0.05) is 42.6 Å². The van der Waals surface area contributed by atoms with Gasteiger partial charge in [0.05, 0.1) is 17.8 Å². The molecule has 4 atom stereocenters. The van der Waals surface area contributed by atoms with Gasteiger partial charge in [-0.05, 0) is 29.3 Å². The van der Waals surface area contributed by atoms with Gasteiger partial charge in [-0.2, -0.15) is 0 Å². The van der Waals surface area contributed by atoms with Crippen molar-refractivity contribution in [3.8, 4) is 0 Å². The third-order valence-corrected chi connectivity index (χ3v) is 7.34. The van der Waals surface area contributed by atoms with Crippen LogP contribution in [0.4, 0.5) is 0 Å². The Kier molecular flexibility index (Phi) is 5.71. The summed E-state index contributed by atoms with van der Waals surface area (Å²) in [7, 11) is 0. The molecule has 0 aliphatic carbocycles. The lowest BCUT2D eigenvalue weighted by atomic mass is 9.91. The van der Waals surface area contributed by atoms with Crippen molar-refractivity contribution in [1.29, 1.82) is 0 Å². The first-order valence-electron chi connectivity index (χ1n) is 12.5. The van der Waals surface area contributed by atoms with Crippen molar-refractivity contribution >= 4 is 28.6 Å². The van der Waals surface area contributed by atoms with Crippen LogP contribution in [-0.4, -0.2) is 44.7 Å². The van der Waals surface area contributed by atoms with E-state index in [0.717, 1.165) is 27.7 Å². The Morgan fingerprint density at radius 2 is 1.78 bits per heavy atom. The van der Waals surface area contributed by atoms with Crippen molar-refractivity contribution in [1.82, 2.24) is 25.5 Å². The quantitative estimate of drug-likeness (QED) is 0.397. The molecule has 1 saturated heterocycles. The molecule has 1 unspecified atom stereocenters. The molecule has 2 aliphatic heterocycles. The van der Waals surface area contributed by atoms with Crippen LogP contribution in [0, 0.1) is 0 Å². The molecule has 2 aromatic carbocycles. The summed E-state index contributed by atoms with van der Waals surface area (Å²) in [6.45, 7) is 1.40. The highest BCUT2D eigenvalue weighted by Crippen LogP contribution is 2.43. The Labute approximate surface area is 214 Å². The molecule has 0 saturated carbocycles. The summed E-state index contributed by atoms with van der Waals surface area (Å²) in [5.41, 5.74) is 4.57. The Morgan fingerprint density at radius 3 is 2.54 bits per heavy atom. The Hall–Kier alpha value is -4.46. The van der Waals surface area contributed by atoms with Gasteiger partial charge in [0.15, 0.2) is 0 Å². The molecule has 0 radical (unpaired) electrons. The van der Waals surface area contributed by atoms with Gasteiger partial charge in [-0.3, -0.25) is 19.4 Å². The largest absolute Gasteiger partial charge is 0.356 e. The second-order valence-electron chi connectivity index (χ2n) is 9.64. The maximum absolute atomic E-state index is 14.0. The minimum absolute atomic E-state index is 0.237. The minimum Gasteiger partial charge on any atom is -0.356 e. The topological polar surface area (TPSA) is 107 Å². The zero-order valence-corrected chi connectivity index (χ0v) is 20.3. The summed E-state index contributed by atoms with van der Waals surface area (Å²) in [5, 5.41) is 7.02. The summed E-state index contributed by atoms with van der Waals surface area (Å²) < 4.78 is 0. The fourth-order valence-electron chi connectivity index (χ4n) is 5.76. The smallest absolute Gasteiger partial charge is 0.246 e. The minimum atomic E-state index is -0.724. The fourth-order valence-corrected chi connectivity index (χ4v) is 5.76. The van der Waals surface area contributed by atoms with Crippen LogP contribution in [0.5, 0.6) is 0 Å². The first-order valence-corrected chi connectivity index (χ1v) is 12.5. The standard InChI is InChI=1S/C29H27N5O3/c1-17(35)31-23-16-24-27-20(19-11-5-6-12-21(19)32-27)15-25(34(24)29(23)37)28(36)33-26(18-9-3-2-4-10-18)22-13-7-8-14-30-22/h2-14,23-26,32H,15-16H2,1H3,(H,31,35)(H,33,36)/t23-,24+,25-,26?/m0/s1. The van der Waals surface area contributed by atoms with E-state index in [0.29, 0.717) is 18.5 Å². The maximum atomic E-state index is 14.0. The summed E-state index contributed by atoms with van der Waals surface area (Å²) in [5.74, 6) is -0.758. The third-order valence-electron chi connectivity index (χ3n) is 7.34. The normalized spacial score (nSPS) is 21.3. The van der Waals surface area contributed by atoms with Crippen LogP contribution in [0.1, 0.15) is 47.9 Å². The first kappa shape index (κ1) is 23.0. The fraction of sp³-hybridized carbons (Fsp3) is 0.241. The number of hydrogen-bond acceptors (Lipinski definition) is 4. The molecule has 186 valence electrons. The van der Waals surface area contributed by atoms with Gasteiger partial charge in [-0.15, -0.1) is 0 Å². The number of para-hydroxylation sites is 1. The molecule has 6 rings (SSSR count). The number of fused-ring (bicyclic) bond motifs is 5. The number of nitrogens with zero attached hydrogens (tertiary/aromatic N) is 2. The van der Waals surface area contributed by atoms with E-state index in [1.165, 1.54) is 6.92 Å². The molecule has 4 aromatic rings. The highest BCUT2D eigenvalue weighted by molar-refractivity contribution is 5.96. The average molecular weight is 494 g/mol. The number of aromatic amines is 1. The van der Waals surface area contributed by atoms with E-state index in [1.54, 1.807) is 11.1 Å². The van der Waals surface area contributed by atoms with Gasteiger partial charge in [-0.25, -0.2) is 0 Å². The number of carbonyl (C=O) groups excluding carboxylic acids is 3. The van der Waals surface area contributed by atoms with Crippen LogP contribution in [0.25, 0.3) is 10.9 Å². The zero-order valence-electron chi connectivity index (χ0n) is 20.3. The zero-order chi connectivity index (χ0) is 25.5. The molecular weight excluding hydrogens is 466 g/mol. The second kappa shape index (κ2) is 9.20. The molecule has 2 aliphatic rings. The number of pyridine rings is 1. The van der Waals surface area contributed by atoms with Gasteiger partial charge < -0.3 is 20.5 Å². The lowest BCUT2D eigenvalue weighted by Crippen LogP contribution is -2.54. The van der Waals surface area contributed by atoms with Gasteiger partial charge in [-0.1, -0.05) is 54.6 Å². The molecule has 0 spiro atoms. The van der Waals surface area contributed by atoms with Crippen molar-refractivity contribution in [3.63, 3.8) is 0 Å². The van der Waals surface area contributed by atoms with Crippen LogP contribution < -0.4 is 10.6 Å². The van der Waals surface area contributed by atoms with E-state index in [-0.39, 0.29) is 23.8 Å². The Bertz CT molecular complexity index is 1440. The summed E-state index contributed by atoms with van der Waals surface area (Å²) >= 11 is 0. The number of nitrogens with one attached hydrogen (secondary N) is 3. The number of carbonyl (C=O) groups is 3. The number of benzene rings is 2. The molecule has 8 heteroatoms. The Morgan fingerprint density at radius 1 is 1.03 bits per heavy atom. The molecule has 37 heavy (non-hydrogen) atoms. The van der Waals surface area contributed by atoms with Crippen LogP contribution in [-0.2, 0) is 20.8 Å². The van der Waals surface area contributed by atoms with Crippen molar-refractivity contribution in [2.24, 2.45) is 0 Å². The number of aromatic nitrogens is 2. The molecule has 3 N–H and O–H groups in total. The predicted molar refractivity (Wildman–Crippen MR) is 138 cm³/mol. The SMILES string of the molecule is CC(=O)N[C@H]1C[C@@H]2c3[nH]c4ccccc4c3C[C@@H](C(=O)NC(c3ccccc3)c3ccccn3)N2C1=O. The van der Waals surface area contributed by atoms with Crippen molar-refractivity contribution in [2.45, 2.75) is 43.9 Å². The lowest BCUT2D eigenvalue weighted by molar-refractivity contribution is -0.141. The van der Waals surface area contributed by atoms with E-state index in [4.69, 9.17) is 0 Å². The van der Waals surface area contributed by atoms with Crippen molar-refractivity contribution in [2.75, 3.05) is 0 Å². The molecule has 3 amide bonds. The van der Waals surface area contributed by atoms with Crippen molar-refractivity contribution in [3.05, 3.63) is 102 Å². The lowest BCUT2D eigenvalue weighted by Gasteiger charge is -2.37. The van der Waals surface area contributed by atoms with Gasteiger partial charge in [0.1, 0.15) is 12.1 Å². The monoisotopic (exact) mass is 493 g/mol.